The lowest BCUT2D eigenvalue weighted by molar-refractivity contribution is -0.131. The molecule has 0 spiro atoms. The summed E-state index contributed by atoms with van der Waals surface area (Å²) in [6.07, 6.45) is 0.469. The Hall–Kier alpha value is -2.12. The lowest BCUT2D eigenvalue weighted by atomic mass is 10.1. The van der Waals surface area contributed by atoms with Crippen molar-refractivity contribution in [1.29, 1.82) is 0 Å². The van der Waals surface area contributed by atoms with Crippen LogP contribution in [-0.2, 0) is 4.79 Å². The van der Waals surface area contributed by atoms with Crippen LogP contribution >= 0.6 is 0 Å². The highest BCUT2D eigenvalue weighted by molar-refractivity contribution is 5.87. The first-order valence-electron chi connectivity index (χ1n) is 8.36. The van der Waals surface area contributed by atoms with Crippen molar-refractivity contribution < 1.29 is 9.59 Å². The SMILES string of the molecule is Cc1nc(NC(=O)NC[C@H]2CC(=O)N(C(C)(C)C)C2)nn1C(C)C. The Balaban J connectivity index is 1.84. The molecule has 1 aliphatic rings. The zero-order valence-electron chi connectivity index (χ0n) is 15.4. The molecule has 1 saturated heterocycles. The van der Waals surface area contributed by atoms with Crippen molar-refractivity contribution in [1.82, 2.24) is 25.0 Å². The van der Waals surface area contributed by atoms with Gasteiger partial charge in [0.05, 0.1) is 0 Å². The first-order valence-corrected chi connectivity index (χ1v) is 8.36. The van der Waals surface area contributed by atoms with Crippen molar-refractivity contribution in [3.63, 3.8) is 0 Å². The molecule has 2 N–H and O–H groups in total. The van der Waals surface area contributed by atoms with Crippen molar-refractivity contribution in [3.05, 3.63) is 5.82 Å². The number of aryl methyl sites for hydroxylation is 1. The minimum atomic E-state index is -0.349. The number of likely N-dealkylation sites (tertiary alicyclic amines) is 1. The predicted molar refractivity (Wildman–Crippen MR) is 91.7 cm³/mol. The van der Waals surface area contributed by atoms with Gasteiger partial charge in [0.25, 0.3) is 0 Å². The van der Waals surface area contributed by atoms with Crippen LogP contribution in [0.2, 0.25) is 0 Å². The fraction of sp³-hybridized carbons (Fsp3) is 0.750. The van der Waals surface area contributed by atoms with E-state index in [4.69, 9.17) is 0 Å². The molecule has 0 radical (unpaired) electrons. The molecule has 0 bridgehead atoms. The van der Waals surface area contributed by atoms with Gasteiger partial charge in [0, 0.05) is 37.0 Å². The summed E-state index contributed by atoms with van der Waals surface area (Å²) >= 11 is 0. The molecular weight excluding hydrogens is 308 g/mol. The summed E-state index contributed by atoms with van der Waals surface area (Å²) in [7, 11) is 0. The second-order valence-corrected chi connectivity index (χ2v) is 7.60. The molecule has 3 amide bonds. The number of hydrogen-bond donors (Lipinski definition) is 2. The highest BCUT2D eigenvalue weighted by Gasteiger charge is 2.36. The zero-order valence-corrected chi connectivity index (χ0v) is 15.4. The smallest absolute Gasteiger partial charge is 0.321 e. The average Bonchev–Trinajstić information content (AvgIpc) is 2.99. The first-order chi connectivity index (χ1) is 11.1. The average molecular weight is 336 g/mol. The van der Waals surface area contributed by atoms with E-state index in [0.29, 0.717) is 19.5 Å². The third kappa shape index (κ3) is 4.24. The van der Waals surface area contributed by atoms with Gasteiger partial charge in [0.15, 0.2) is 0 Å². The summed E-state index contributed by atoms with van der Waals surface area (Å²) in [4.78, 5) is 30.1. The van der Waals surface area contributed by atoms with Crippen LogP contribution in [0.15, 0.2) is 0 Å². The molecule has 1 fully saturated rings. The van der Waals surface area contributed by atoms with Crippen LogP contribution in [0.5, 0.6) is 0 Å². The quantitative estimate of drug-likeness (QED) is 0.879. The van der Waals surface area contributed by atoms with Gasteiger partial charge in [0.1, 0.15) is 5.82 Å². The van der Waals surface area contributed by atoms with Crippen molar-refractivity contribution >= 4 is 17.9 Å². The first kappa shape index (κ1) is 18.2. The predicted octanol–water partition coefficient (Wildman–Crippen LogP) is 1.94. The molecule has 0 aliphatic carbocycles. The molecule has 2 heterocycles. The maximum atomic E-state index is 12.0. The maximum Gasteiger partial charge on any atom is 0.321 e. The van der Waals surface area contributed by atoms with Crippen LogP contribution in [0.25, 0.3) is 0 Å². The van der Waals surface area contributed by atoms with Crippen LogP contribution in [0.1, 0.15) is 52.9 Å². The fourth-order valence-electron chi connectivity index (χ4n) is 2.89. The van der Waals surface area contributed by atoms with Crippen LogP contribution in [-0.4, -0.2) is 50.2 Å². The maximum absolute atomic E-state index is 12.0. The van der Waals surface area contributed by atoms with E-state index in [0.717, 1.165) is 5.82 Å². The molecule has 2 rings (SSSR count). The molecule has 8 heteroatoms. The van der Waals surface area contributed by atoms with Gasteiger partial charge in [-0.25, -0.2) is 9.48 Å². The Bertz CT molecular complexity index is 617. The minimum Gasteiger partial charge on any atom is -0.337 e. The highest BCUT2D eigenvalue weighted by atomic mass is 16.2. The van der Waals surface area contributed by atoms with Crippen molar-refractivity contribution in [2.75, 3.05) is 18.4 Å². The molecule has 1 aromatic heterocycles. The van der Waals surface area contributed by atoms with E-state index >= 15 is 0 Å². The van der Waals surface area contributed by atoms with Crippen LogP contribution in [0.4, 0.5) is 10.7 Å². The number of nitrogens with one attached hydrogen (secondary N) is 2. The Kier molecular flexibility index (Phi) is 5.15. The lowest BCUT2D eigenvalue weighted by Crippen LogP contribution is -2.43. The molecular formula is C16H28N6O2. The lowest BCUT2D eigenvalue weighted by Gasteiger charge is -2.32. The van der Waals surface area contributed by atoms with Gasteiger partial charge in [0.2, 0.25) is 11.9 Å². The molecule has 1 atom stereocenters. The molecule has 24 heavy (non-hydrogen) atoms. The third-order valence-electron chi connectivity index (χ3n) is 4.08. The van der Waals surface area contributed by atoms with Gasteiger partial charge in [-0.15, -0.1) is 5.10 Å². The number of nitrogens with zero attached hydrogens (tertiary/aromatic N) is 4. The van der Waals surface area contributed by atoms with E-state index < -0.39 is 0 Å². The third-order valence-corrected chi connectivity index (χ3v) is 4.08. The summed E-state index contributed by atoms with van der Waals surface area (Å²) in [6, 6.07) is -0.165. The number of rotatable bonds is 4. The second kappa shape index (κ2) is 6.78. The second-order valence-electron chi connectivity index (χ2n) is 7.60. The molecule has 0 aromatic carbocycles. The number of amides is 3. The number of urea groups is 1. The summed E-state index contributed by atoms with van der Waals surface area (Å²) in [5, 5.41) is 9.71. The molecule has 0 unspecified atom stereocenters. The van der Waals surface area contributed by atoms with Crippen LogP contribution < -0.4 is 10.6 Å². The van der Waals surface area contributed by atoms with Gasteiger partial charge >= 0.3 is 6.03 Å². The Morgan fingerprint density at radius 1 is 1.38 bits per heavy atom. The highest BCUT2D eigenvalue weighted by Crippen LogP contribution is 2.25. The largest absolute Gasteiger partial charge is 0.337 e. The Labute approximate surface area is 143 Å². The van der Waals surface area contributed by atoms with Crippen LogP contribution in [0.3, 0.4) is 0 Å². The summed E-state index contributed by atoms with van der Waals surface area (Å²) in [6.45, 7) is 13.0. The van der Waals surface area contributed by atoms with Crippen LogP contribution in [0, 0.1) is 12.8 Å². The van der Waals surface area contributed by atoms with Gasteiger partial charge in [-0.2, -0.15) is 4.98 Å². The molecule has 1 aromatic rings. The molecule has 8 nitrogen and oxygen atoms in total. The number of aromatic nitrogens is 3. The number of carbonyl (C=O) groups excluding carboxylic acids is 2. The van der Waals surface area contributed by atoms with E-state index in [9.17, 15) is 9.59 Å². The summed E-state index contributed by atoms with van der Waals surface area (Å²) in [5.74, 6) is 1.31. The van der Waals surface area contributed by atoms with Crippen molar-refractivity contribution in [3.8, 4) is 0 Å². The number of anilines is 1. The van der Waals surface area contributed by atoms with Crippen molar-refractivity contribution in [2.45, 2.75) is 59.5 Å². The molecule has 134 valence electrons. The van der Waals surface area contributed by atoms with Crippen molar-refractivity contribution in [2.24, 2.45) is 5.92 Å². The standard InChI is InChI=1S/C16H28N6O2/c1-10(2)22-11(3)18-14(20-22)19-15(24)17-8-12-7-13(23)21(9-12)16(4,5)6/h10,12H,7-9H2,1-6H3,(H2,17,19,20,24)/t12-/m1/s1. The molecule has 0 saturated carbocycles. The topological polar surface area (TPSA) is 92.2 Å². The Morgan fingerprint density at radius 3 is 2.54 bits per heavy atom. The monoisotopic (exact) mass is 336 g/mol. The van der Waals surface area contributed by atoms with E-state index in [1.165, 1.54) is 0 Å². The zero-order chi connectivity index (χ0) is 18.1. The van der Waals surface area contributed by atoms with Gasteiger partial charge in [-0.05, 0) is 41.5 Å². The van der Waals surface area contributed by atoms with Gasteiger partial charge in [-0.1, -0.05) is 0 Å². The molecule has 1 aliphatic heterocycles. The minimum absolute atomic E-state index is 0.130. The van der Waals surface area contributed by atoms with E-state index in [2.05, 4.69) is 20.7 Å². The van der Waals surface area contributed by atoms with E-state index in [-0.39, 0.29) is 35.4 Å². The van der Waals surface area contributed by atoms with E-state index in [1.807, 2.05) is 46.4 Å². The van der Waals surface area contributed by atoms with E-state index in [1.54, 1.807) is 4.68 Å². The number of carbonyl (C=O) groups is 2. The fourth-order valence-corrected chi connectivity index (χ4v) is 2.89. The Morgan fingerprint density at radius 2 is 2.04 bits per heavy atom. The van der Waals surface area contributed by atoms with Gasteiger partial charge in [-0.3, -0.25) is 10.1 Å². The normalized spacial score (nSPS) is 18.4. The summed E-state index contributed by atoms with van der Waals surface area (Å²) in [5.41, 5.74) is -0.181. The number of hydrogen-bond acceptors (Lipinski definition) is 4. The van der Waals surface area contributed by atoms with Gasteiger partial charge < -0.3 is 10.2 Å². The summed E-state index contributed by atoms with van der Waals surface area (Å²) < 4.78 is 1.76.